The summed E-state index contributed by atoms with van der Waals surface area (Å²) in [5.41, 5.74) is 0.904. The van der Waals surface area contributed by atoms with Gasteiger partial charge in [-0.05, 0) is 31.2 Å². The molecule has 122 valence electrons. The summed E-state index contributed by atoms with van der Waals surface area (Å²) in [6.07, 6.45) is 0. The molecule has 0 N–H and O–H groups in total. The second-order valence-corrected chi connectivity index (χ2v) is 5.25. The number of halogens is 3. The SMILES string of the molecule is Cc1nc2cc(F)ccc2cc1C(=O)OCc1cccc(F)c1F. The number of hydrogen-bond donors (Lipinski definition) is 0. The van der Waals surface area contributed by atoms with Gasteiger partial charge in [-0.2, -0.15) is 0 Å². The van der Waals surface area contributed by atoms with Crippen LogP contribution in [0.4, 0.5) is 13.2 Å². The Morgan fingerprint density at radius 3 is 2.71 bits per heavy atom. The van der Waals surface area contributed by atoms with Crippen LogP contribution in [-0.2, 0) is 11.3 Å². The Balaban J connectivity index is 1.84. The zero-order valence-corrected chi connectivity index (χ0v) is 12.6. The minimum atomic E-state index is -1.05. The first-order chi connectivity index (χ1) is 11.5. The van der Waals surface area contributed by atoms with Crippen molar-refractivity contribution in [2.75, 3.05) is 0 Å². The van der Waals surface area contributed by atoms with Crippen molar-refractivity contribution in [3.8, 4) is 0 Å². The highest BCUT2D eigenvalue weighted by atomic mass is 19.2. The standard InChI is InChI=1S/C18H12F3NO2/c1-10-14(7-11-5-6-13(19)8-16(11)22-10)18(23)24-9-12-3-2-4-15(20)17(12)21/h2-8H,9H2,1H3. The third-order valence-corrected chi connectivity index (χ3v) is 3.58. The number of aryl methyl sites for hydroxylation is 1. The Labute approximate surface area is 135 Å². The zero-order chi connectivity index (χ0) is 17.3. The van der Waals surface area contributed by atoms with Crippen molar-refractivity contribution in [3.63, 3.8) is 0 Å². The van der Waals surface area contributed by atoms with Gasteiger partial charge in [0, 0.05) is 17.0 Å². The third kappa shape index (κ3) is 3.08. The molecule has 0 atom stereocenters. The molecular weight excluding hydrogens is 319 g/mol. The third-order valence-electron chi connectivity index (χ3n) is 3.58. The molecule has 0 aliphatic heterocycles. The van der Waals surface area contributed by atoms with Gasteiger partial charge in [0.25, 0.3) is 0 Å². The summed E-state index contributed by atoms with van der Waals surface area (Å²) in [6.45, 7) is 1.19. The van der Waals surface area contributed by atoms with Gasteiger partial charge in [0.15, 0.2) is 11.6 Å². The molecule has 0 amide bonds. The van der Waals surface area contributed by atoms with E-state index in [1.165, 1.54) is 36.4 Å². The smallest absolute Gasteiger partial charge is 0.340 e. The number of rotatable bonds is 3. The zero-order valence-electron chi connectivity index (χ0n) is 12.6. The van der Waals surface area contributed by atoms with Crippen molar-refractivity contribution in [2.24, 2.45) is 0 Å². The summed E-state index contributed by atoms with van der Waals surface area (Å²) in [5.74, 6) is -3.19. The highest BCUT2D eigenvalue weighted by Gasteiger charge is 2.15. The number of carbonyl (C=O) groups excluding carboxylic acids is 1. The van der Waals surface area contributed by atoms with E-state index in [1.807, 2.05) is 0 Å². The second kappa shape index (κ2) is 6.31. The highest BCUT2D eigenvalue weighted by Crippen LogP contribution is 2.19. The molecule has 6 heteroatoms. The number of ether oxygens (including phenoxy) is 1. The van der Waals surface area contributed by atoms with E-state index >= 15 is 0 Å². The first-order valence-corrected chi connectivity index (χ1v) is 7.12. The maximum Gasteiger partial charge on any atom is 0.340 e. The predicted octanol–water partition coefficient (Wildman–Crippen LogP) is 4.32. The summed E-state index contributed by atoms with van der Waals surface area (Å²) in [5, 5.41) is 0.575. The average molecular weight is 331 g/mol. The van der Waals surface area contributed by atoms with Gasteiger partial charge in [-0.1, -0.05) is 12.1 Å². The number of esters is 1. The quantitative estimate of drug-likeness (QED) is 0.671. The molecule has 0 aliphatic rings. The molecule has 3 nitrogen and oxygen atoms in total. The van der Waals surface area contributed by atoms with E-state index in [0.29, 0.717) is 16.6 Å². The van der Waals surface area contributed by atoms with Gasteiger partial charge >= 0.3 is 5.97 Å². The van der Waals surface area contributed by atoms with E-state index < -0.39 is 30.0 Å². The molecule has 0 unspecified atom stereocenters. The van der Waals surface area contributed by atoms with Gasteiger partial charge in [0.2, 0.25) is 0 Å². The Morgan fingerprint density at radius 2 is 1.92 bits per heavy atom. The number of carbonyl (C=O) groups is 1. The summed E-state index contributed by atoms with van der Waals surface area (Å²) in [6, 6.07) is 9.20. The van der Waals surface area contributed by atoms with E-state index in [2.05, 4.69) is 4.98 Å². The van der Waals surface area contributed by atoms with Crippen LogP contribution in [0.3, 0.4) is 0 Å². The molecule has 0 aliphatic carbocycles. The minimum Gasteiger partial charge on any atom is -0.457 e. The van der Waals surface area contributed by atoms with E-state index in [0.717, 1.165) is 6.07 Å². The fourth-order valence-corrected chi connectivity index (χ4v) is 2.32. The van der Waals surface area contributed by atoms with Crippen LogP contribution in [0.1, 0.15) is 21.6 Å². The van der Waals surface area contributed by atoms with Crippen LogP contribution in [0.5, 0.6) is 0 Å². The van der Waals surface area contributed by atoms with E-state index in [1.54, 1.807) is 6.92 Å². The van der Waals surface area contributed by atoms with Crippen LogP contribution >= 0.6 is 0 Å². The maximum atomic E-state index is 13.6. The first kappa shape index (κ1) is 16.0. The van der Waals surface area contributed by atoms with Gasteiger partial charge < -0.3 is 4.74 Å². The normalized spacial score (nSPS) is 10.8. The number of nitrogens with zero attached hydrogens (tertiary/aromatic N) is 1. The predicted molar refractivity (Wildman–Crippen MR) is 81.9 cm³/mol. The van der Waals surface area contributed by atoms with E-state index in [4.69, 9.17) is 4.74 Å². The van der Waals surface area contributed by atoms with Crippen LogP contribution in [0, 0.1) is 24.4 Å². The Morgan fingerprint density at radius 1 is 1.12 bits per heavy atom. The molecule has 24 heavy (non-hydrogen) atoms. The molecule has 0 saturated carbocycles. The lowest BCUT2D eigenvalue weighted by atomic mass is 10.1. The van der Waals surface area contributed by atoms with Crippen molar-refractivity contribution in [2.45, 2.75) is 13.5 Å². The van der Waals surface area contributed by atoms with E-state index in [9.17, 15) is 18.0 Å². The van der Waals surface area contributed by atoms with Gasteiger partial charge in [0.05, 0.1) is 16.8 Å². The van der Waals surface area contributed by atoms with Gasteiger partial charge in [-0.15, -0.1) is 0 Å². The van der Waals surface area contributed by atoms with Crippen molar-refractivity contribution < 1.29 is 22.7 Å². The van der Waals surface area contributed by atoms with Crippen LogP contribution in [0.2, 0.25) is 0 Å². The summed E-state index contributed by atoms with van der Waals surface area (Å²) >= 11 is 0. The van der Waals surface area contributed by atoms with E-state index in [-0.39, 0.29) is 11.1 Å². The molecule has 0 spiro atoms. The molecule has 1 heterocycles. The summed E-state index contributed by atoms with van der Waals surface area (Å²) in [7, 11) is 0. The molecular formula is C18H12F3NO2. The molecule has 0 fully saturated rings. The molecule has 3 rings (SSSR count). The van der Waals surface area contributed by atoms with Crippen molar-refractivity contribution >= 4 is 16.9 Å². The number of hydrogen-bond acceptors (Lipinski definition) is 3. The van der Waals surface area contributed by atoms with Crippen LogP contribution in [0.25, 0.3) is 10.9 Å². The molecule has 2 aromatic carbocycles. The minimum absolute atomic E-state index is 0.0585. The number of aromatic nitrogens is 1. The Kier molecular flexibility index (Phi) is 4.20. The van der Waals surface area contributed by atoms with Crippen molar-refractivity contribution in [1.29, 1.82) is 0 Å². The van der Waals surface area contributed by atoms with Gasteiger partial charge in [-0.3, -0.25) is 4.98 Å². The lowest BCUT2D eigenvalue weighted by molar-refractivity contribution is 0.0467. The lowest BCUT2D eigenvalue weighted by Crippen LogP contribution is -2.09. The lowest BCUT2D eigenvalue weighted by Gasteiger charge is -2.09. The number of pyridine rings is 1. The number of fused-ring (bicyclic) bond motifs is 1. The maximum absolute atomic E-state index is 13.6. The number of benzene rings is 2. The fourth-order valence-electron chi connectivity index (χ4n) is 2.32. The molecule has 3 aromatic rings. The largest absolute Gasteiger partial charge is 0.457 e. The first-order valence-electron chi connectivity index (χ1n) is 7.12. The van der Waals surface area contributed by atoms with Crippen LogP contribution in [-0.4, -0.2) is 11.0 Å². The topological polar surface area (TPSA) is 39.2 Å². The Hall–Kier alpha value is -2.89. The van der Waals surface area contributed by atoms with Gasteiger partial charge in [-0.25, -0.2) is 18.0 Å². The molecule has 1 aromatic heterocycles. The van der Waals surface area contributed by atoms with Gasteiger partial charge in [0.1, 0.15) is 12.4 Å². The Bertz CT molecular complexity index is 941. The molecule has 0 saturated heterocycles. The van der Waals surface area contributed by atoms with Crippen molar-refractivity contribution in [1.82, 2.24) is 4.98 Å². The van der Waals surface area contributed by atoms with Crippen molar-refractivity contribution in [3.05, 3.63) is 76.7 Å². The monoisotopic (exact) mass is 331 g/mol. The van der Waals surface area contributed by atoms with Crippen LogP contribution < -0.4 is 0 Å². The average Bonchev–Trinajstić information content (AvgIpc) is 2.55. The fraction of sp³-hybridized carbons (Fsp3) is 0.111. The highest BCUT2D eigenvalue weighted by molar-refractivity contribution is 5.95. The molecule has 0 radical (unpaired) electrons. The van der Waals surface area contributed by atoms with Crippen LogP contribution in [0.15, 0.2) is 42.5 Å². The molecule has 0 bridgehead atoms. The second-order valence-electron chi connectivity index (χ2n) is 5.25. The summed E-state index contributed by atoms with van der Waals surface area (Å²) in [4.78, 5) is 16.4. The summed E-state index contributed by atoms with van der Waals surface area (Å²) < 4.78 is 45.0.